The summed E-state index contributed by atoms with van der Waals surface area (Å²) in [5.74, 6) is -2.79. The van der Waals surface area contributed by atoms with Gasteiger partial charge in [0.2, 0.25) is 11.5 Å². The first-order valence-corrected chi connectivity index (χ1v) is 17.2. The molecule has 0 spiro atoms. The van der Waals surface area contributed by atoms with Crippen molar-refractivity contribution in [1.29, 1.82) is 0 Å². The van der Waals surface area contributed by atoms with E-state index in [1.54, 1.807) is 30.3 Å². The summed E-state index contributed by atoms with van der Waals surface area (Å²) in [6, 6.07) is 16.8. The van der Waals surface area contributed by atoms with E-state index in [9.17, 15) is 42.6 Å². The topological polar surface area (TPSA) is 173 Å². The predicted octanol–water partition coefficient (Wildman–Crippen LogP) is 4.50. The molecule has 1 fully saturated rings. The van der Waals surface area contributed by atoms with Crippen molar-refractivity contribution in [3.05, 3.63) is 104 Å². The van der Waals surface area contributed by atoms with Gasteiger partial charge < -0.3 is 40.8 Å². The van der Waals surface area contributed by atoms with Crippen molar-refractivity contribution in [3.63, 3.8) is 0 Å². The Bertz CT molecular complexity index is 2030. The summed E-state index contributed by atoms with van der Waals surface area (Å²) < 4.78 is 41.9. The maximum atomic E-state index is 13.2. The van der Waals surface area contributed by atoms with Crippen LogP contribution in [-0.2, 0) is 27.4 Å². The molecule has 1 atom stereocenters. The number of alkyl halides is 3. The summed E-state index contributed by atoms with van der Waals surface area (Å²) >= 11 is 0. The highest BCUT2D eigenvalue weighted by Crippen LogP contribution is 2.29. The molecule has 2 heterocycles. The molecular weight excluding hydrogens is 695 g/mol. The van der Waals surface area contributed by atoms with Crippen LogP contribution in [0.1, 0.15) is 63.5 Å². The Morgan fingerprint density at radius 2 is 1.74 bits per heavy atom. The largest absolute Gasteiger partial charge is 0.506 e. The average Bonchev–Trinajstić information content (AvgIpc) is 3.12. The molecule has 15 heteroatoms. The number of hydrogen-bond acceptors (Lipinski definition) is 9. The lowest BCUT2D eigenvalue weighted by Gasteiger charge is -2.31. The molecule has 0 bridgehead atoms. The average molecular weight is 738 g/mol. The number of carbonyl (C=O) groups excluding carboxylic acids is 3. The highest BCUT2D eigenvalue weighted by atomic mass is 19.4. The number of phenolic OH excluding ortho intramolecular Hbond substituents is 1. The number of halogens is 3. The first-order valence-electron chi connectivity index (χ1n) is 17.2. The van der Waals surface area contributed by atoms with Gasteiger partial charge in [-0.2, -0.15) is 13.2 Å². The first-order chi connectivity index (χ1) is 25.2. The lowest BCUT2D eigenvalue weighted by Crippen LogP contribution is -2.41. The molecule has 53 heavy (non-hydrogen) atoms. The summed E-state index contributed by atoms with van der Waals surface area (Å²) in [4.78, 5) is 53.1. The molecule has 0 radical (unpaired) electrons. The van der Waals surface area contributed by atoms with Gasteiger partial charge in [0.1, 0.15) is 11.9 Å². The van der Waals surface area contributed by atoms with E-state index in [0.29, 0.717) is 48.4 Å². The third-order valence-corrected chi connectivity index (χ3v) is 9.25. The number of pyridine rings is 1. The Labute approximate surface area is 303 Å². The molecule has 1 aromatic heterocycles. The van der Waals surface area contributed by atoms with Gasteiger partial charge in [-0.1, -0.05) is 24.3 Å². The number of aliphatic hydroxyl groups excluding tert-OH is 1. The van der Waals surface area contributed by atoms with E-state index in [-0.39, 0.29) is 61.0 Å². The van der Waals surface area contributed by atoms with Gasteiger partial charge in [-0.25, -0.2) is 4.79 Å². The Morgan fingerprint density at radius 3 is 2.45 bits per heavy atom. The lowest BCUT2D eigenvalue weighted by molar-refractivity contribution is -0.206. The minimum Gasteiger partial charge on any atom is -0.506 e. The number of nitrogens with zero attached hydrogens (tertiary/aromatic N) is 1. The Hall–Kier alpha value is -5.25. The van der Waals surface area contributed by atoms with Crippen molar-refractivity contribution in [1.82, 2.24) is 20.5 Å². The number of ether oxygens (including phenoxy) is 1. The van der Waals surface area contributed by atoms with Crippen molar-refractivity contribution in [2.24, 2.45) is 0 Å². The molecule has 0 saturated carbocycles. The number of hydrogen-bond donors (Lipinski definition) is 6. The van der Waals surface area contributed by atoms with Crippen molar-refractivity contribution in [2.45, 2.75) is 64.6 Å². The molecule has 0 unspecified atom stereocenters. The predicted molar refractivity (Wildman–Crippen MR) is 191 cm³/mol. The van der Waals surface area contributed by atoms with Crippen molar-refractivity contribution < 1.29 is 42.5 Å². The maximum absolute atomic E-state index is 13.2. The minimum atomic E-state index is -5.02. The zero-order valence-electron chi connectivity index (χ0n) is 29.3. The Balaban J connectivity index is 1.07. The molecule has 2 amide bonds. The van der Waals surface area contributed by atoms with Gasteiger partial charge in [0, 0.05) is 68.4 Å². The van der Waals surface area contributed by atoms with Gasteiger partial charge in [-0.3, -0.25) is 14.4 Å². The van der Waals surface area contributed by atoms with Crippen molar-refractivity contribution in [3.8, 4) is 5.75 Å². The molecule has 4 aromatic rings. The number of H-pyrrole nitrogens is 1. The number of aromatic amines is 1. The molecule has 6 N–H and O–H groups in total. The second-order valence-electron chi connectivity index (χ2n) is 13.1. The number of carbonyl (C=O) groups is 3. The number of aryl methyl sites for hydroxylation is 2. The smallest absolute Gasteiger partial charge is 0.490 e. The summed E-state index contributed by atoms with van der Waals surface area (Å²) in [6.07, 6.45) is -6.02. The van der Waals surface area contributed by atoms with Crippen LogP contribution in [0.5, 0.6) is 5.75 Å². The van der Waals surface area contributed by atoms with Crippen LogP contribution in [0.3, 0.4) is 0 Å². The third-order valence-electron chi connectivity index (χ3n) is 9.25. The molecule has 3 aromatic carbocycles. The van der Waals surface area contributed by atoms with Crippen LogP contribution in [0, 0.1) is 13.8 Å². The van der Waals surface area contributed by atoms with E-state index < -0.39 is 24.4 Å². The highest BCUT2D eigenvalue weighted by Gasteiger charge is 2.42. The lowest BCUT2D eigenvalue weighted by atomic mass is 10.0. The number of phenols is 1. The fourth-order valence-corrected chi connectivity index (χ4v) is 6.20. The minimum absolute atomic E-state index is 0.0807. The number of amides is 2. The van der Waals surface area contributed by atoms with Gasteiger partial charge in [0.05, 0.1) is 11.6 Å². The van der Waals surface area contributed by atoms with Crippen LogP contribution < -0.4 is 21.5 Å². The van der Waals surface area contributed by atoms with Gasteiger partial charge in [-0.15, -0.1) is 0 Å². The molecule has 1 aliphatic rings. The molecule has 12 nitrogen and oxygen atoms in total. The van der Waals surface area contributed by atoms with Crippen LogP contribution >= 0.6 is 0 Å². The van der Waals surface area contributed by atoms with Gasteiger partial charge >= 0.3 is 12.1 Å². The van der Waals surface area contributed by atoms with Crippen LogP contribution in [0.2, 0.25) is 0 Å². The number of nitrogens with one attached hydrogen (secondary N) is 4. The number of aromatic nitrogens is 1. The number of aromatic hydroxyl groups is 1. The Kier molecular flexibility index (Phi) is 12.5. The maximum Gasteiger partial charge on any atom is 0.490 e. The zero-order chi connectivity index (χ0) is 38.3. The van der Waals surface area contributed by atoms with Crippen LogP contribution in [0.4, 0.5) is 18.9 Å². The second-order valence-corrected chi connectivity index (χ2v) is 13.1. The molecule has 5 rings (SSSR count). The second kappa shape index (κ2) is 17.1. The molecule has 1 aliphatic heterocycles. The van der Waals surface area contributed by atoms with Gasteiger partial charge in [0.25, 0.3) is 5.91 Å². The number of likely N-dealkylation sites (tertiary alicyclic amines) is 1. The van der Waals surface area contributed by atoms with E-state index in [0.717, 1.165) is 22.3 Å². The number of rotatable bonds is 13. The van der Waals surface area contributed by atoms with Crippen LogP contribution in [-0.4, -0.2) is 76.3 Å². The van der Waals surface area contributed by atoms with Crippen LogP contribution in [0.15, 0.2) is 65.5 Å². The zero-order valence-corrected chi connectivity index (χ0v) is 29.3. The molecule has 282 valence electrons. The van der Waals surface area contributed by atoms with E-state index in [2.05, 4.69) is 25.7 Å². The monoisotopic (exact) mass is 737 g/mol. The van der Waals surface area contributed by atoms with Crippen molar-refractivity contribution >= 4 is 34.4 Å². The first kappa shape index (κ1) is 39.0. The molecular formula is C38H42F3N5O7. The normalized spacial score (nSPS) is 14.5. The summed E-state index contributed by atoms with van der Waals surface area (Å²) in [5, 5.41) is 30.5. The van der Waals surface area contributed by atoms with Crippen LogP contribution in [0.25, 0.3) is 10.9 Å². The number of esters is 1. The quantitative estimate of drug-likeness (QED) is 0.108. The highest BCUT2D eigenvalue weighted by molar-refractivity contribution is 6.04. The standard InChI is InChI=1S/C38H42F3N5O7/c1-22-3-5-25(18-26(22)20-43-33(49)13-16-46-14-11-27(12-15-46)53-37(52)38(39,40)41)36(51)44-30-8-4-24(17-23(30)2)19-42-21-32(48)28-6-9-31(47)35-29(28)7-10-34(50)45-35/h3-10,17-18,27,32,42,47-48H,11-16,19-21H2,1-2H3,(H,43,49)(H,44,51)(H,45,50)/t32-/m0/s1. The molecule has 1 saturated heterocycles. The van der Waals surface area contributed by atoms with Crippen molar-refractivity contribution in [2.75, 3.05) is 31.5 Å². The van der Waals surface area contributed by atoms with E-state index in [1.807, 2.05) is 36.9 Å². The number of piperidine rings is 1. The fraction of sp³-hybridized carbons (Fsp3) is 0.368. The fourth-order valence-electron chi connectivity index (χ4n) is 6.20. The number of fused-ring (bicyclic) bond motifs is 1. The third kappa shape index (κ3) is 10.4. The summed E-state index contributed by atoms with van der Waals surface area (Å²) in [5.41, 5.74) is 4.93. The summed E-state index contributed by atoms with van der Waals surface area (Å²) in [6.45, 7) is 5.84. The van der Waals surface area contributed by atoms with E-state index >= 15 is 0 Å². The molecule has 0 aliphatic carbocycles. The number of anilines is 1. The summed E-state index contributed by atoms with van der Waals surface area (Å²) in [7, 11) is 0. The van der Waals surface area contributed by atoms with Gasteiger partial charge in [-0.05, 0) is 84.8 Å². The number of benzene rings is 3. The van der Waals surface area contributed by atoms with E-state index in [4.69, 9.17) is 0 Å². The van der Waals surface area contributed by atoms with Gasteiger partial charge in [0.15, 0.2) is 0 Å². The SMILES string of the molecule is Cc1ccc(C(=O)Nc2ccc(CNC[C@H](O)c3ccc(O)c4[nH]c(=O)ccc34)cc2C)cc1CNC(=O)CCN1CCC(OC(=O)C(F)(F)F)CC1. The number of aliphatic hydroxyl groups is 1. The van der Waals surface area contributed by atoms with E-state index in [1.165, 1.54) is 12.1 Å². The Morgan fingerprint density at radius 1 is 0.981 bits per heavy atom.